The molecule has 0 fully saturated rings. The second-order valence-electron chi connectivity index (χ2n) is 6.30. The van der Waals surface area contributed by atoms with Gasteiger partial charge in [-0.05, 0) is 53.6 Å². The highest BCUT2D eigenvalue weighted by Gasteiger charge is 2.25. The highest BCUT2D eigenvalue weighted by atomic mass is 35.5. The maximum atomic E-state index is 13.9. The van der Waals surface area contributed by atoms with Crippen molar-refractivity contribution < 1.29 is 18.7 Å². The van der Waals surface area contributed by atoms with Crippen LogP contribution in [0, 0.1) is 5.82 Å². The molecule has 3 aromatic carbocycles. The topological polar surface area (TPSA) is 47.9 Å². The van der Waals surface area contributed by atoms with Gasteiger partial charge in [0.1, 0.15) is 18.2 Å². The summed E-state index contributed by atoms with van der Waals surface area (Å²) in [6, 6.07) is 20.6. The molecule has 0 N–H and O–H groups in total. The number of nitrogens with zero attached hydrogens (tertiary/aromatic N) is 1. The Kier molecular flexibility index (Phi) is 5.40. The SMILES string of the molecule is O=C1OC(c2ccccc2F)=N/C1=C/c1cccc(OCc2ccc(Cl)cc2)c1. The molecule has 144 valence electrons. The van der Waals surface area contributed by atoms with E-state index in [4.69, 9.17) is 21.1 Å². The Bertz CT molecular complexity index is 1120. The molecule has 1 aliphatic heterocycles. The van der Waals surface area contributed by atoms with Crippen LogP contribution < -0.4 is 4.74 Å². The van der Waals surface area contributed by atoms with Gasteiger partial charge in [0.25, 0.3) is 0 Å². The minimum atomic E-state index is -0.629. The third-order valence-electron chi connectivity index (χ3n) is 4.21. The first-order valence-corrected chi connectivity index (χ1v) is 9.21. The summed E-state index contributed by atoms with van der Waals surface area (Å²) in [5.41, 5.74) is 1.93. The van der Waals surface area contributed by atoms with Crippen LogP contribution in [0.5, 0.6) is 5.75 Å². The number of rotatable bonds is 5. The number of hydrogen-bond donors (Lipinski definition) is 0. The molecule has 4 nitrogen and oxygen atoms in total. The predicted molar refractivity (Wildman–Crippen MR) is 109 cm³/mol. The number of cyclic esters (lactones) is 1. The molecule has 0 saturated carbocycles. The molecule has 0 aliphatic carbocycles. The van der Waals surface area contributed by atoms with Gasteiger partial charge in [0.2, 0.25) is 5.90 Å². The quantitative estimate of drug-likeness (QED) is 0.420. The summed E-state index contributed by atoms with van der Waals surface area (Å²) in [4.78, 5) is 16.3. The second-order valence-corrected chi connectivity index (χ2v) is 6.74. The van der Waals surface area contributed by atoms with E-state index in [1.54, 1.807) is 36.4 Å². The van der Waals surface area contributed by atoms with Gasteiger partial charge in [0.05, 0.1) is 5.56 Å². The molecule has 4 rings (SSSR count). The van der Waals surface area contributed by atoms with Crippen molar-refractivity contribution in [3.8, 4) is 5.75 Å². The maximum absolute atomic E-state index is 13.9. The summed E-state index contributed by atoms with van der Waals surface area (Å²) in [5, 5.41) is 0.668. The van der Waals surface area contributed by atoms with Crippen molar-refractivity contribution in [3.63, 3.8) is 0 Å². The summed E-state index contributed by atoms with van der Waals surface area (Å²) in [6.07, 6.45) is 1.57. The van der Waals surface area contributed by atoms with E-state index in [9.17, 15) is 9.18 Å². The predicted octanol–water partition coefficient (Wildman–Crippen LogP) is 5.40. The first-order valence-electron chi connectivity index (χ1n) is 8.83. The van der Waals surface area contributed by atoms with Gasteiger partial charge in [-0.2, -0.15) is 0 Å². The normalized spacial score (nSPS) is 14.6. The minimum absolute atomic E-state index is 0.0468. The molecule has 0 atom stereocenters. The van der Waals surface area contributed by atoms with Gasteiger partial charge in [-0.25, -0.2) is 14.2 Å². The number of carbonyl (C=O) groups excluding carboxylic acids is 1. The summed E-state index contributed by atoms with van der Waals surface area (Å²) < 4.78 is 24.8. The zero-order chi connectivity index (χ0) is 20.2. The molecule has 6 heteroatoms. The third kappa shape index (κ3) is 4.52. The fourth-order valence-corrected chi connectivity index (χ4v) is 2.88. The van der Waals surface area contributed by atoms with Crippen molar-refractivity contribution in [1.29, 1.82) is 0 Å². The van der Waals surface area contributed by atoms with Crippen molar-refractivity contribution in [1.82, 2.24) is 0 Å². The number of ether oxygens (including phenoxy) is 2. The first kappa shape index (κ1) is 18.9. The summed E-state index contributed by atoms with van der Waals surface area (Å²) in [7, 11) is 0. The van der Waals surface area contributed by atoms with E-state index in [-0.39, 0.29) is 17.2 Å². The largest absolute Gasteiger partial charge is 0.489 e. The molecular formula is C23H15ClFNO3. The Balaban J connectivity index is 1.52. The average Bonchev–Trinajstić information content (AvgIpc) is 3.08. The highest BCUT2D eigenvalue weighted by molar-refractivity contribution is 6.30. The van der Waals surface area contributed by atoms with Gasteiger partial charge < -0.3 is 9.47 Å². The van der Waals surface area contributed by atoms with E-state index in [1.807, 2.05) is 30.3 Å². The fraction of sp³-hybridized carbons (Fsp3) is 0.0435. The van der Waals surface area contributed by atoms with Gasteiger partial charge in [-0.3, -0.25) is 0 Å². The number of aliphatic imine (C=N–C) groups is 1. The molecule has 0 spiro atoms. The number of esters is 1. The van der Waals surface area contributed by atoms with Crippen LogP contribution in [0.4, 0.5) is 4.39 Å². The smallest absolute Gasteiger partial charge is 0.363 e. The monoisotopic (exact) mass is 407 g/mol. The lowest BCUT2D eigenvalue weighted by Gasteiger charge is -2.07. The Morgan fingerprint density at radius 1 is 1.03 bits per heavy atom. The lowest BCUT2D eigenvalue weighted by molar-refractivity contribution is -0.129. The Labute approximate surface area is 171 Å². The van der Waals surface area contributed by atoms with Crippen LogP contribution in [-0.2, 0) is 16.1 Å². The number of hydrogen-bond acceptors (Lipinski definition) is 4. The van der Waals surface area contributed by atoms with E-state index in [1.165, 1.54) is 12.1 Å². The van der Waals surface area contributed by atoms with Gasteiger partial charge in [-0.1, -0.05) is 48.0 Å². The van der Waals surface area contributed by atoms with E-state index in [0.717, 1.165) is 5.56 Å². The van der Waals surface area contributed by atoms with Gasteiger partial charge in [0, 0.05) is 5.02 Å². The molecular weight excluding hydrogens is 393 g/mol. The maximum Gasteiger partial charge on any atom is 0.363 e. The molecule has 0 saturated heterocycles. The molecule has 0 amide bonds. The summed E-state index contributed by atoms with van der Waals surface area (Å²) in [6.45, 7) is 0.384. The molecule has 29 heavy (non-hydrogen) atoms. The molecule has 0 bridgehead atoms. The molecule has 3 aromatic rings. The number of halogens is 2. The van der Waals surface area contributed by atoms with Crippen LogP contribution >= 0.6 is 11.6 Å². The Morgan fingerprint density at radius 3 is 2.62 bits per heavy atom. The average molecular weight is 408 g/mol. The van der Waals surface area contributed by atoms with E-state index >= 15 is 0 Å². The third-order valence-corrected chi connectivity index (χ3v) is 4.46. The standard InChI is InChI=1S/C23H15ClFNO3/c24-17-10-8-15(9-11-17)14-28-18-5-3-4-16(12-18)13-21-23(27)29-22(26-21)19-6-1-2-7-20(19)25/h1-13H,14H2/b21-13+. The highest BCUT2D eigenvalue weighted by Crippen LogP contribution is 2.23. The molecule has 0 unspecified atom stereocenters. The van der Waals surface area contributed by atoms with E-state index in [2.05, 4.69) is 4.99 Å². The van der Waals surface area contributed by atoms with Crippen LogP contribution in [0.25, 0.3) is 6.08 Å². The van der Waals surface area contributed by atoms with Gasteiger partial charge in [0.15, 0.2) is 5.70 Å². The van der Waals surface area contributed by atoms with Crippen molar-refractivity contribution in [2.45, 2.75) is 6.61 Å². The molecule has 0 aromatic heterocycles. The zero-order valence-electron chi connectivity index (χ0n) is 15.1. The lowest BCUT2D eigenvalue weighted by Crippen LogP contribution is -2.07. The number of carbonyl (C=O) groups is 1. The van der Waals surface area contributed by atoms with Crippen LogP contribution in [0.2, 0.25) is 5.02 Å². The summed E-state index contributed by atoms with van der Waals surface area (Å²) in [5.74, 6) is -0.540. The summed E-state index contributed by atoms with van der Waals surface area (Å²) >= 11 is 5.88. The van der Waals surface area contributed by atoms with Crippen molar-refractivity contribution >= 4 is 29.5 Å². The van der Waals surface area contributed by atoms with E-state index in [0.29, 0.717) is 22.9 Å². The Hall–Kier alpha value is -3.44. The molecule has 0 radical (unpaired) electrons. The fourth-order valence-electron chi connectivity index (χ4n) is 2.76. The van der Waals surface area contributed by atoms with Crippen LogP contribution in [0.3, 0.4) is 0 Å². The van der Waals surface area contributed by atoms with E-state index < -0.39 is 11.8 Å². The van der Waals surface area contributed by atoms with Gasteiger partial charge >= 0.3 is 5.97 Å². The van der Waals surface area contributed by atoms with Gasteiger partial charge in [-0.15, -0.1) is 0 Å². The number of benzene rings is 3. The molecule has 1 aliphatic rings. The van der Waals surface area contributed by atoms with Crippen LogP contribution in [-0.4, -0.2) is 11.9 Å². The van der Waals surface area contributed by atoms with Crippen LogP contribution in [0.15, 0.2) is 83.5 Å². The van der Waals surface area contributed by atoms with Crippen molar-refractivity contribution in [3.05, 3.63) is 106 Å². The van der Waals surface area contributed by atoms with Crippen LogP contribution in [0.1, 0.15) is 16.7 Å². The first-order chi connectivity index (χ1) is 14.1. The Morgan fingerprint density at radius 2 is 1.83 bits per heavy atom. The second kappa shape index (κ2) is 8.29. The lowest BCUT2D eigenvalue weighted by atomic mass is 10.2. The minimum Gasteiger partial charge on any atom is -0.489 e. The van der Waals surface area contributed by atoms with Crippen molar-refractivity contribution in [2.24, 2.45) is 4.99 Å². The van der Waals surface area contributed by atoms with Crippen molar-refractivity contribution in [2.75, 3.05) is 0 Å². The zero-order valence-corrected chi connectivity index (χ0v) is 15.9. The molecule has 1 heterocycles.